The number of nitrogens with zero attached hydrogens (tertiary/aromatic N) is 1. The molecule has 0 atom stereocenters. The SMILES string of the molecule is O=[N+]([O-])c1ccc(OCCOCCOCCOCCOCCOCCOCCOCCOCCOCc2ccccc2)cc1. The molecule has 0 bridgehead atoms. The molecule has 44 heavy (non-hydrogen) atoms. The molecule has 13 heteroatoms. The molecule has 0 spiro atoms. The van der Waals surface area contributed by atoms with E-state index in [1.54, 1.807) is 12.1 Å². The van der Waals surface area contributed by atoms with E-state index in [1.807, 2.05) is 30.3 Å². The van der Waals surface area contributed by atoms with Crippen molar-refractivity contribution in [3.05, 3.63) is 70.3 Å². The van der Waals surface area contributed by atoms with Crippen LogP contribution in [0.1, 0.15) is 5.56 Å². The number of ether oxygens (including phenoxy) is 10. The molecule has 248 valence electrons. The van der Waals surface area contributed by atoms with Crippen molar-refractivity contribution in [3.63, 3.8) is 0 Å². The number of hydrogen-bond acceptors (Lipinski definition) is 12. The van der Waals surface area contributed by atoms with Crippen LogP contribution >= 0.6 is 0 Å². The average Bonchev–Trinajstić information content (AvgIpc) is 3.04. The molecular weight excluding hydrogens is 578 g/mol. The minimum Gasteiger partial charge on any atom is -0.491 e. The molecule has 13 nitrogen and oxygen atoms in total. The predicted octanol–water partition coefficient (Wildman–Crippen LogP) is 3.32. The summed E-state index contributed by atoms with van der Waals surface area (Å²) in [5.41, 5.74) is 1.18. The van der Waals surface area contributed by atoms with Gasteiger partial charge >= 0.3 is 0 Å². The van der Waals surface area contributed by atoms with E-state index in [0.29, 0.717) is 131 Å². The summed E-state index contributed by atoms with van der Waals surface area (Å²) in [4.78, 5) is 10.2. The molecule has 0 amide bonds. The molecule has 0 radical (unpaired) electrons. The summed E-state index contributed by atoms with van der Waals surface area (Å²) in [7, 11) is 0. The van der Waals surface area contributed by atoms with E-state index in [0.717, 1.165) is 5.56 Å². The number of benzene rings is 2. The summed E-state index contributed by atoms with van der Waals surface area (Å²) in [5, 5.41) is 10.6. The Balaban J connectivity index is 1.17. The van der Waals surface area contributed by atoms with Crippen LogP contribution in [0.3, 0.4) is 0 Å². The normalized spacial score (nSPS) is 11.2. The molecule has 0 aliphatic carbocycles. The Bertz CT molecular complexity index is 920. The van der Waals surface area contributed by atoms with Gasteiger partial charge in [-0.15, -0.1) is 0 Å². The number of nitro benzene ring substituents is 1. The van der Waals surface area contributed by atoms with Gasteiger partial charge in [-0.05, 0) is 17.7 Å². The Morgan fingerprint density at radius 2 is 0.773 bits per heavy atom. The van der Waals surface area contributed by atoms with Crippen LogP contribution in [0.2, 0.25) is 0 Å². The first kappa shape index (κ1) is 37.5. The Morgan fingerprint density at radius 1 is 0.432 bits per heavy atom. The van der Waals surface area contributed by atoms with Crippen molar-refractivity contribution < 1.29 is 52.3 Å². The fraction of sp³-hybridized carbons (Fsp3) is 0.613. The fourth-order valence-electron chi connectivity index (χ4n) is 3.41. The molecule has 0 heterocycles. The van der Waals surface area contributed by atoms with Gasteiger partial charge in [-0.25, -0.2) is 0 Å². The molecule has 0 aliphatic heterocycles. The van der Waals surface area contributed by atoms with Gasteiger partial charge in [0.2, 0.25) is 0 Å². The Labute approximate surface area is 259 Å². The highest BCUT2D eigenvalue weighted by Gasteiger charge is 2.04. The maximum Gasteiger partial charge on any atom is 0.269 e. The highest BCUT2D eigenvalue weighted by Crippen LogP contribution is 2.17. The standard InChI is InChI=1S/C31H47NO12/c33-32(34)30-6-8-31(9-7-30)44-27-26-42-23-22-40-19-18-38-15-14-36-11-10-35-12-13-37-16-17-39-20-21-41-24-25-43-28-29-4-2-1-3-5-29/h1-9H,10-28H2. The van der Waals surface area contributed by atoms with E-state index in [9.17, 15) is 10.1 Å². The maximum atomic E-state index is 10.6. The third-order valence-electron chi connectivity index (χ3n) is 5.63. The summed E-state index contributed by atoms with van der Waals surface area (Å²) in [5.74, 6) is 0.558. The topological polar surface area (TPSA) is 135 Å². The van der Waals surface area contributed by atoms with Gasteiger partial charge in [-0.3, -0.25) is 10.1 Å². The molecule has 0 saturated carbocycles. The quantitative estimate of drug-likeness (QED) is 0.0691. The molecule has 0 unspecified atom stereocenters. The molecule has 0 N–H and O–H groups in total. The van der Waals surface area contributed by atoms with Gasteiger partial charge in [0.25, 0.3) is 5.69 Å². The highest BCUT2D eigenvalue weighted by molar-refractivity contribution is 5.35. The van der Waals surface area contributed by atoms with Crippen molar-refractivity contribution in [2.75, 3.05) is 119 Å². The van der Waals surface area contributed by atoms with Gasteiger partial charge < -0.3 is 47.4 Å². The van der Waals surface area contributed by atoms with Gasteiger partial charge in [0.05, 0.1) is 124 Å². The second kappa shape index (κ2) is 27.8. The molecule has 0 saturated heterocycles. The van der Waals surface area contributed by atoms with Gasteiger partial charge in [0, 0.05) is 12.1 Å². The van der Waals surface area contributed by atoms with Crippen molar-refractivity contribution in [1.82, 2.24) is 0 Å². The van der Waals surface area contributed by atoms with Crippen LogP contribution in [0.25, 0.3) is 0 Å². The summed E-state index contributed by atoms with van der Waals surface area (Å²) in [6.45, 7) is 9.29. The van der Waals surface area contributed by atoms with Crippen LogP contribution in [-0.2, 0) is 49.2 Å². The van der Waals surface area contributed by atoms with Crippen molar-refractivity contribution in [2.45, 2.75) is 6.61 Å². The van der Waals surface area contributed by atoms with E-state index in [4.69, 9.17) is 47.4 Å². The minimum absolute atomic E-state index is 0.0270. The summed E-state index contributed by atoms with van der Waals surface area (Å²) in [6, 6.07) is 16.0. The minimum atomic E-state index is -0.451. The smallest absolute Gasteiger partial charge is 0.269 e. The van der Waals surface area contributed by atoms with E-state index in [1.165, 1.54) is 12.1 Å². The van der Waals surface area contributed by atoms with Crippen molar-refractivity contribution in [3.8, 4) is 5.75 Å². The molecule has 0 aromatic heterocycles. The summed E-state index contributed by atoms with van der Waals surface area (Å²) >= 11 is 0. The van der Waals surface area contributed by atoms with Gasteiger partial charge in [-0.2, -0.15) is 0 Å². The Hall–Kier alpha value is -2.72. The maximum absolute atomic E-state index is 10.6. The van der Waals surface area contributed by atoms with Crippen molar-refractivity contribution >= 4 is 5.69 Å². The monoisotopic (exact) mass is 625 g/mol. The third-order valence-corrected chi connectivity index (χ3v) is 5.63. The van der Waals surface area contributed by atoms with Crippen molar-refractivity contribution in [1.29, 1.82) is 0 Å². The molecule has 2 rings (SSSR count). The largest absolute Gasteiger partial charge is 0.491 e. The Kier molecular flexibility index (Phi) is 23.7. The lowest BCUT2D eigenvalue weighted by atomic mass is 10.2. The molecule has 0 aliphatic rings. The zero-order chi connectivity index (χ0) is 31.2. The van der Waals surface area contributed by atoms with E-state index in [-0.39, 0.29) is 5.69 Å². The molecular formula is C31H47NO12. The fourth-order valence-corrected chi connectivity index (χ4v) is 3.41. The molecule has 2 aromatic carbocycles. The first-order valence-corrected chi connectivity index (χ1v) is 14.9. The predicted molar refractivity (Wildman–Crippen MR) is 161 cm³/mol. The summed E-state index contributed by atoms with van der Waals surface area (Å²) in [6.07, 6.45) is 0. The zero-order valence-corrected chi connectivity index (χ0v) is 25.5. The van der Waals surface area contributed by atoms with Crippen molar-refractivity contribution in [2.24, 2.45) is 0 Å². The first-order chi connectivity index (χ1) is 21.8. The zero-order valence-electron chi connectivity index (χ0n) is 25.5. The number of nitro groups is 1. The van der Waals surface area contributed by atoms with Crippen LogP contribution in [0, 0.1) is 10.1 Å². The van der Waals surface area contributed by atoms with Crippen LogP contribution < -0.4 is 4.74 Å². The second-order valence-electron chi connectivity index (χ2n) is 9.04. The number of rotatable bonds is 31. The molecule has 0 fully saturated rings. The second-order valence-corrected chi connectivity index (χ2v) is 9.04. The average molecular weight is 626 g/mol. The number of hydrogen-bond donors (Lipinski definition) is 0. The van der Waals surface area contributed by atoms with E-state index < -0.39 is 4.92 Å². The van der Waals surface area contributed by atoms with E-state index in [2.05, 4.69) is 0 Å². The Morgan fingerprint density at radius 3 is 1.14 bits per heavy atom. The van der Waals surface area contributed by atoms with Crippen LogP contribution in [0.15, 0.2) is 54.6 Å². The highest BCUT2D eigenvalue weighted by atomic mass is 16.6. The number of non-ortho nitro benzene ring substituents is 1. The lowest BCUT2D eigenvalue weighted by Gasteiger charge is -2.09. The van der Waals surface area contributed by atoms with Crippen LogP contribution in [0.5, 0.6) is 5.75 Å². The third kappa shape index (κ3) is 21.9. The summed E-state index contributed by atoms with van der Waals surface area (Å²) < 4.78 is 54.7. The van der Waals surface area contributed by atoms with Gasteiger partial charge in [-0.1, -0.05) is 30.3 Å². The van der Waals surface area contributed by atoms with Crippen LogP contribution in [-0.4, -0.2) is 124 Å². The first-order valence-electron chi connectivity index (χ1n) is 14.9. The lowest BCUT2D eigenvalue weighted by molar-refractivity contribution is -0.384. The molecule has 2 aromatic rings. The van der Waals surface area contributed by atoms with Gasteiger partial charge in [0.15, 0.2) is 0 Å². The lowest BCUT2D eigenvalue weighted by Crippen LogP contribution is -2.15. The van der Waals surface area contributed by atoms with Gasteiger partial charge in [0.1, 0.15) is 12.4 Å². The van der Waals surface area contributed by atoms with E-state index >= 15 is 0 Å². The van der Waals surface area contributed by atoms with Crippen LogP contribution in [0.4, 0.5) is 5.69 Å².